The first-order valence-electron chi connectivity index (χ1n) is 10.3. The second-order valence-corrected chi connectivity index (χ2v) is 8.06. The Bertz CT molecular complexity index is 1040. The Morgan fingerprint density at radius 2 is 1.90 bits per heavy atom. The molecule has 162 valence electrons. The number of benzene rings is 2. The van der Waals surface area contributed by atoms with Crippen molar-refractivity contribution >= 4 is 5.69 Å². The van der Waals surface area contributed by atoms with Crippen molar-refractivity contribution in [2.75, 3.05) is 25.5 Å². The first-order chi connectivity index (χ1) is 14.9. The Morgan fingerprint density at radius 3 is 2.61 bits per heavy atom. The summed E-state index contributed by atoms with van der Waals surface area (Å²) in [6.45, 7) is 4.88. The minimum atomic E-state index is -1.40. The van der Waals surface area contributed by atoms with Crippen LogP contribution in [0.3, 0.4) is 0 Å². The molecule has 2 unspecified atom stereocenters. The van der Waals surface area contributed by atoms with Crippen LogP contribution < -0.4 is 5.32 Å². The number of methoxy groups -OCH3 is 1. The van der Waals surface area contributed by atoms with E-state index >= 15 is 0 Å². The highest BCUT2D eigenvalue weighted by atomic mass is 16.5. The largest absolute Gasteiger partial charge is 0.379 e. The van der Waals surface area contributed by atoms with Gasteiger partial charge in [0.05, 0.1) is 23.7 Å². The Kier molecular flexibility index (Phi) is 6.02. The van der Waals surface area contributed by atoms with Crippen molar-refractivity contribution in [2.24, 2.45) is 0 Å². The normalized spacial score (nSPS) is 17.6. The van der Waals surface area contributed by atoms with Gasteiger partial charge >= 0.3 is 0 Å². The van der Waals surface area contributed by atoms with Gasteiger partial charge < -0.3 is 20.3 Å². The Labute approximate surface area is 182 Å². The second kappa shape index (κ2) is 8.72. The van der Waals surface area contributed by atoms with Crippen LogP contribution in [0.25, 0.3) is 11.3 Å². The fraction of sp³-hybridized carbons (Fsp3) is 0.333. The molecule has 0 radical (unpaired) electrons. The van der Waals surface area contributed by atoms with Crippen molar-refractivity contribution in [1.82, 2.24) is 14.9 Å². The molecule has 0 amide bonds. The van der Waals surface area contributed by atoms with Gasteiger partial charge in [0.1, 0.15) is 11.9 Å². The zero-order valence-electron chi connectivity index (χ0n) is 18.0. The first kappa shape index (κ1) is 21.4. The number of aliphatic hydroxyl groups excluding tert-OH is 1. The third-order valence-corrected chi connectivity index (χ3v) is 5.61. The van der Waals surface area contributed by atoms with E-state index in [0.717, 1.165) is 16.8 Å². The molecule has 0 bridgehead atoms. The highest BCUT2D eigenvalue weighted by Gasteiger charge is 2.32. The molecule has 2 aromatic carbocycles. The molecule has 1 aliphatic rings. The highest BCUT2D eigenvalue weighted by Crippen LogP contribution is 2.29. The van der Waals surface area contributed by atoms with E-state index in [2.05, 4.69) is 10.3 Å². The zero-order valence-corrected chi connectivity index (χ0v) is 18.0. The van der Waals surface area contributed by atoms with Crippen molar-refractivity contribution in [3.05, 3.63) is 77.7 Å². The molecule has 0 aliphatic carbocycles. The lowest BCUT2D eigenvalue weighted by atomic mass is 10.0. The number of rotatable bonds is 7. The molecule has 1 aromatic heterocycles. The summed E-state index contributed by atoms with van der Waals surface area (Å²) < 4.78 is 5.29. The van der Waals surface area contributed by atoms with Crippen LogP contribution in [0.5, 0.6) is 0 Å². The number of ether oxygens (including phenoxy) is 1. The number of aryl methyl sites for hydroxylation is 1. The third kappa shape index (κ3) is 4.60. The van der Waals surface area contributed by atoms with Crippen molar-refractivity contribution in [3.8, 4) is 11.3 Å². The maximum Gasteiger partial charge on any atom is 0.178 e. The van der Waals surface area contributed by atoms with Crippen LogP contribution in [0, 0.1) is 6.92 Å². The van der Waals surface area contributed by atoms with E-state index in [-0.39, 0.29) is 6.10 Å². The predicted molar refractivity (Wildman–Crippen MR) is 119 cm³/mol. The van der Waals surface area contributed by atoms with Gasteiger partial charge in [-0.1, -0.05) is 36.4 Å². The molecule has 1 fully saturated rings. The maximum atomic E-state index is 11.1. The van der Waals surface area contributed by atoms with Gasteiger partial charge in [0, 0.05) is 31.5 Å². The molecule has 3 aromatic rings. The fourth-order valence-electron chi connectivity index (χ4n) is 3.80. The van der Waals surface area contributed by atoms with Gasteiger partial charge in [-0.25, -0.2) is 4.98 Å². The lowest BCUT2D eigenvalue weighted by Crippen LogP contribution is -2.53. The number of anilines is 1. The van der Waals surface area contributed by atoms with Gasteiger partial charge in [-0.05, 0) is 37.6 Å². The smallest absolute Gasteiger partial charge is 0.178 e. The molecule has 31 heavy (non-hydrogen) atoms. The van der Waals surface area contributed by atoms with Crippen molar-refractivity contribution in [1.29, 1.82) is 0 Å². The van der Waals surface area contributed by atoms with Crippen molar-refractivity contribution in [3.63, 3.8) is 0 Å². The van der Waals surface area contributed by atoms with Gasteiger partial charge in [-0.3, -0.25) is 9.88 Å². The number of para-hydroxylation sites is 1. The zero-order chi connectivity index (χ0) is 22.0. The number of aromatic nitrogens is 2. The molecular formula is C24H28N4O3. The molecule has 0 spiro atoms. The van der Waals surface area contributed by atoms with Gasteiger partial charge in [-0.15, -0.1) is 0 Å². The molecule has 3 N–H and O–H groups in total. The van der Waals surface area contributed by atoms with Gasteiger partial charge in [0.15, 0.2) is 5.72 Å². The summed E-state index contributed by atoms with van der Waals surface area (Å²) in [5.74, 6) is 0. The Morgan fingerprint density at radius 1 is 1.16 bits per heavy atom. The van der Waals surface area contributed by atoms with E-state index < -0.39 is 12.0 Å². The molecule has 7 nitrogen and oxygen atoms in total. The van der Waals surface area contributed by atoms with Crippen LogP contribution in [0.15, 0.2) is 60.8 Å². The standard InChI is InChI=1S/C24H28N4O3/c1-16-22(24(2,30)27-19-10-5-4-6-11-19)26-21(13-25-16)17-8-7-9-18(12-17)23(29)28-14-20(15-28)31-3/h4-13,20,23,27,29-30H,14-15H2,1-3H3. The minimum Gasteiger partial charge on any atom is -0.379 e. The fourth-order valence-corrected chi connectivity index (χ4v) is 3.80. The monoisotopic (exact) mass is 420 g/mol. The topological polar surface area (TPSA) is 90.7 Å². The Balaban J connectivity index is 1.59. The van der Waals surface area contributed by atoms with Crippen LogP contribution in [0.1, 0.15) is 30.1 Å². The first-order valence-corrected chi connectivity index (χ1v) is 10.3. The van der Waals surface area contributed by atoms with E-state index in [4.69, 9.17) is 9.72 Å². The molecule has 1 aliphatic heterocycles. The second-order valence-electron chi connectivity index (χ2n) is 8.06. The average Bonchev–Trinajstić information content (AvgIpc) is 2.73. The van der Waals surface area contributed by atoms with E-state index in [1.165, 1.54) is 0 Å². The van der Waals surface area contributed by atoms with Gasteiger partial charge in [0.25, 0.3) is 0 Å². The van der Waals surface area contributed by atoms with Crippen LogP contribution in [-0.2, 0) is 10.5 Å². The van der Waals surface area contributed by atoms with E-state index in [1.807, 2.05) is 66.4 Å². The lowest BCUT2D eigenvalue weighted by molar-refractivity contribution is -0.114. The number of nitrogens with zero attached hydrogens (tertiary/aromatic N) is 3. The quantitative estimate of drug-likeness (QED) is 0.506. The summed E-state index contributed by atoms with van der Waals surface area (Å²) in [6, 6.07) is 17.1. The molecule has 2 atom stereocenters. The van der Waals surface area contributed by atoms with Crippen LogP contribution in [0.4, 0.5) is 5.69 Å². The van der Waals surface area contributed by atoms with Crippen molar-refractivity contribution < 1.29 is 14.9 Å². The molecule has 1 saturated heterocycles. The number of hydrogen-bond acceptors (Lipinski definition) is 7. The number of hydrogen-bond donors (Lipinski definition) is 3. The summed E-state index contributed by atoms with van der Waals surface area (Å²) in [4.78, 5) is 11.1. The van der Waals surface area contributed by atoms with Gasteiger partial charge in [0.2, 0.25) is 0 Å². The summed E-state index contributed by atoms with van der Waals surface area (Å²) in [5, 5.41) is 24.9. The third-order valence-electron chi connectivity index (χ3n) is 5.61. The summed E-state index contributed by atoms with van der Waals surface area (Å²) >= 11 is 0. The lowest BCUT2D eigenvalue weighted by Gasteiger charge is -2.41. The summed E-state index contributed by atoms with van der Waals surface area (Å²) in [7, 11) is 1.68. The predicted octanol–water partition coefficient (Wildman–Crippen LogP) is 3.05. The van der Waals surface area contributed by atoms with E-state index in [0.29, 0.717) is 30.2 Å². The number of likely N-dealkylation sites (tertiary alicyclic amines) is 1. The van der Waals surface area contributed by atoms with Crippen LogP contribution >= 0.6 is 0 Å². The molecule has 4 rings (SSSR count). The number of aliphatic hydroxyl groups is 2. The Hall–Kier alpha value is -2.84. The SMILES string of the molecule is COC1CN(C(O)c2cccc(-c3cnc(C)c(C(C)(O)Nc4ccccc4)n3)c2)C1. The summed E-state index contributed by atoms with van der Waals surface area (Å²) in [6.07, 6.45) is 1.16. The molecule has 0 saturated carbocycles. The molecule has 7 heteroatoms. The van der Waals surface area contributed by atoms with Crippen LogP contribution in [0.2, 0.25) is 0 Å². The molecule has 2 heterocycles. The highest BCUT2D eigenvalue weighted by molar-refractivity contribution is 5.60. The minimum absolute atomic E-state index is 0.169. The van der Waals surface area contributed by atoms with Crippen molar-refractivity contribution in [2.45, 2.75) is 31.9 Å². The number of nitrogens with one attached hydrogen (secondary N) is 1. The van der Waals surface area contributed by atoms with E-state index in [9.17, 15) is 10.2 Å². The maximum absolute atomic E-state index is 11.1. The average molecular weight is 421 g/mol. The summed E-state index contributed by atoms with van der Waals surface area (Å²) in [5.41, 5.74) is 2.70. The van der Waals surface area contributed by atoms with E-state index in [1.54, 1.807) is 20.2 Å². The van der Waals surface area contributed by atoms with Crippen LogP contribution in [-0.4, -0.2) is 51.4 Å². The van der Waals surface area contributed by atoms with Gasteiger partial charge in [-0.2, -0.15) is 0 Å². The molecular weight excluding hydrogens is 392 g/mol.